The molecule has 1 aromatic heterocycles. The predicted molar refractivity (Wildman–Crippen MR) is 94.2 cm³/mol. The summed E-state index contributed by atoms with van der Waals surface area (Å²) < 4.78 is 5.89. The van der Waals surface area contributed by atoms with Crippen molar-refractivity contribution in [1.82, 2.24) is 20.3 Å². The number of carbonyl (C=O) groups is 1. The number of rotatable bonds is 3. The Hall–Kier alpha value is -2.73. The number of H-pyrrole nitrogens is 1. The smallest absolute Gasteiger partial charge is 0.253 e. The molecule has 0 saturated carbocycles. The molecule has 6 nitrogen and oxygen atoms in total. The molecule has 128 valence electrons. The molecule has 1 N–H and O–H groups in total. The Morgan fingerprint density at radius 3 is 2.52 bits per heavy atom. The summed E-state index contributed by atoms with van der Waals surface area (Å²) in [6.07, 6.45) is 1.57. The molecule has 6 heteroatoms. The standard InChI is InChI=1S/C19H20N4O2/c1-25-19(15-5-3-2-4-6-15)9-11-23(12-10-19)18(24)14-7-8-16-17(13-14)21-22-20-16/h2-8,13H,9-12H2,1H3,(H,20,21,22). The number of carbonyl (C=O) groups excluding carboxylic acids is 1. The second-order valence-electron chi connectivity index (χ2n) is 6.38. The van der Waals surface area contributed by atoms with E-state index in [4.69, 9.17) is 4.74 Å². The van der Waals surface area contributed by atoms with Crippen molar-refractivity contribution >= 4 is 16.9 Å². The topological polar surface area (TPSA) is 71.1 Å². The molecule has 1 saturated heterocycles. The van der Waals surface area contributed by atoms with E-state index < -0.39 is 0 Å². The van der Waals surface area contributed by atoms with E-state index in [1.165, 1.54) is 5.56 Å². The van der Waals surface area contributed by atoms with Gasteiger partial charge in [-0.25, -0.2) is 0 Å². The lowest BCUT2D eigenvalue weighted by molar-refractivity contribution is -0.0574. The summed E-state index contributed by atoms with van der Waals surface area (Å²) in [5, 5.41) is 10.7. The molecule has 0 spiro atoms. The molecule has 2 heterocycles. The van der Waals surface area contributed by atoms with Crippen molar-refractivity contribution in [3.8, 4) is 0 Å². The van der Waals surface area contributed by atoms with Gasteiger partial charge in [0.25, 0.3) is 5.91 Å². The number of piperidine rings is 1. The first-order valence-corrected chi connectivity index (χ1v) is 8.42. The van der Waals surface area contributed by atoms with Crippen LogP contribution in [0.4, 0.5) is 0 Å². The summed E-state index contributed by atoms with van der Waals surface area (Å²) in [4.78, 5) is 14.7. The van der Waals surface area contributed by atoms with Gasteiger partial charge in [-0.15, -0.1) is 0 Å². The Morgan fingerprint density at radius 1 is 1.08 bits per heavy atom. The van der Waals surface area contributed by atoms with Gasteiger partial charge >= 0.3 is 0 Å². The van der Waals surface area contributed by atoms with Gasteiger partial charge < -0.3 is 9.64 Å². The van der Waals surface area contributed by atoms with Crippen molar-refractivity contribution in [1.29, 1.82) is 0 Å². The maximum absolute atomic E-state index is 12.8. The Morgan fingerprint density at radius 2 is 1.80 bits per heavy atom. The second-order valence-corrected chi connectivity index (χ2v) is 6.38. The fourth-order valence-corrected chi connectivity index (χ4v) is 3.58. The number of hydrogen-bond acceptors (Lipinski definition) is 4. The second kappa shape index (κ2) is 6.29. The van der Waals surface area contributed by atoms with Crippen LogP contribution in [0.25, 0.3) is 11.0 Å². The van der Waals surface area contributed by atoms with Crippen LogP contribution in [-0.2, 0) is 10.3 Å². The molecule has 0 radical (unpaired) electrons. The predicted octanol–water partition coefficient (Wildman–Crippen LogP) is 2.74. The number of hydrogen-bond donors (Lipinski definition) is 1. The Bertz CT molecular complexity index is 883. The molecule has 25 heavy (non-hydrogen) atoms. The molecule has 0 aliphatic carbocycles. The molecule has 1 amide bonds. The minimum absolute atomic E-state index is 0.0302. The molecule has 2 aromatic carbocycles. The van der Waals surface area contributed by atoms with E-state index in [-0.39, 0.29) is 11.5 Å². The van der Waals surface area contributed by atoms with Crippen LogP contribution >= 0.6 is 0 Å². The number of likely N-dealkylation sites (tertiary alicyclic amines) is 1. The summed E-state index contributed by atoms with van der Waals surface area (Å²) in [6, 6.07) is 15.7. The van der Waals surface area contributed by atoms with Gasteiger partial charge in [0, 0.05) is 25.8 Å². The van der Waals surface area contributed by atoms with E-state index in [0.717, 1.165) is 18.4 Å². The van der Waals surface area contributed by atoms with Crippen molar-refractivity contribution < 1.29 is 9.53 Å². The highest BCUT2D eigenvalue weighted by Crippen LogP contribution is 2.36. The van der Waals surface area contributed by atoms with Crippen molar-refractivity contribution in [3.05, 3.63) is 59.7 Å². The highest BCUT2D eigenvalue weighted by Gasteiger charge is 2.37. The Balaban J connectivity index is 1.51. The summed E-state index contributed by atoms with van der Waals surface area (Å²) in [5.74, 6) is 0.0302. The van der Waals surface area contributed by atoms with Crippen molar-refractivity contribution in [2.45, 2.75) is 18.4 Å². The Labute approximate surface area is 145 Å². The number of aromatic nitrogens is 3. The van der Waals surface area contributed by atoms with Crippen LogP contribution in [-0.4, -0.2) is 46.4 Å². The summed E-state index contributed by atoms with van der Waals surface area (Å²) >= 11 is 0. The fourth-order valence-electron chi connectivity index (χ4n) is 3.58. The highest BCUT2D eigenvalue weighted by atomic mass is 16.5. The summed E-state index contributed by atoms with van der Waals surface area (Å²) in [6.45, 7) is 1.33. The zero-order valence-corrected chi connectivity index (χ0v) is 14.1. The van der Waals surface area contributed by atoms with Crippen molar-refractivity contribution in [2.75, 3.05) is 20.2 Å². The zero-order valence-electron chi connectivity index (χ0n) is 14.1. The first-order chi connectivity index (χ1) is 12.2. The lowest BCUT2D eigenvalue weighted by Crippen LogP contribution is -2.46. The monoisotopic (exact) mass is 336 g/mol. The number of ether oxygens (including phenoxy) is 1. The van der Waals surface area contributed by atoms with Gasteiger partial charge in [-0.3, -0.25) is 4.79 Å². The quantitative estimate of drug-likeness (QED) is 0.798. The zero-order chi connectivity index (χ0) is 17.3. The molecule has 3 aromatic rings. The average Bonchev–Trinajstić information content (AvgIpc) is 3.16. The van der Waals surface area contributed by atoms with E-state index >= 15 is 0 Å². The van der Waals surface area contributed by atoms with Crippen LogP contribution in [0.5, 0.6) is 0 Å². The molecule has 0 bridgehead atoms. The molecule has 1 aliphatic heterocycles. The van der Waals surface area contributed by atoms with E-state index in [1.54, 1.807) is 13.2 Å². The lowest BCUT2D eigenvalue weighted by Gasteiger charge is -2.41. The normalized spacial score (nSPS) is 16.9. The molecular formula is C19H20N4O2. The van der Waals surface area contributed by atoms with Crippen molar-refractivity contribution in [3.63, 3.8) is 0 Å². The molecule has 0 atom stereocenters. The number of amides is 1. The van der Waals surface area contributed by atoms with E-state index in [1.807, 2.05) is 35.2 Å². The molecule has 1 fully saturated rings. The number of benzene rings is 2. The third-order valence-corrected chi connectivity index (χ3v) is 5.11. The van der Waals surface area contributed by atoms with Crippen LogP contribution in [0.2, 0.25) is 0 Å². The van der Waals surface area contributed by atoms with E-state index in [9.17, 15) is 4.79 Å². The number of fused-ring (bicyclic) bond motifs is 1. The van der Waals surface area contributed by atoms with Crippen LogP contribution in [0.3, 0.4) is 0 Å². The summed E-state index contributed by atoms with van der Waals surface area (Å²) in [7, 11) is 1.75. The SMILES string of the molecule is COC1(c2ccccc2)CCN(C(=O)c2ccc3n[nH]nc3c2)CC1. The Kier molecular flexibility index (Phi) is 3.97. The maximum Gasteiger partial charge on any atom is 0.253 e. The van der Waals surface area contributed by atoms with Crippen LogP contribution in [0.15, 0.2) is 48.5 Å². The van der Waals surface area contributed by atoms with Crippen molar-refractivity contribution in [2.24, 2.45) is 0 Å². The number of aromatic amines is 1. The van der Waals surface area contributed by atoms with Gasteiger partial charge in [-0.05, 0) is 36.6 Å². The van der Waals surface area contributed by atoms with Crippen LogP contribution in [0, 0.1) is 0 Å². The molecule has 1 aliphatic rings. The van der Waals surface area contributed by atoms with Gasteiger partial charge in [-0.2, -0.15) is 15.4 Å². The van der Waals surface area contributed by atoms with Gasteiger partial charge in [0.15, 0.2) is 0 Å². The first-order valence-electron chi connectivity index (χ1n) is 8.42. The first kappa shape index (κ1) is 15.8. The summed E-state index contributed by atoms with van der Waals surface area (Å²) in [5.41, 5.74) is 2.98. The lowest BCUT2D eigenvalue weighted by atomic mass is 9.84. The molecule has 4 rings (SSSR count). The number of nitrogens with one attached hydrogen (secondary N) is 1. The van der Waals surface area contributed by atoms with E-state index in [2.05, 4.69) is 27.5 Å². The molecule has 0 unspecified atom stereocenters. The number of nitrogens with zero attached hydrogens (tertiary/aromatic N) is 3. The van der Waals surface area contributed by atoms with E-state index in [0.29, 0.717) is 24.2 Å². The fraction of sp³-hybridized carbons (Fsp3) is 0.316. The van der Waals surface area contributed by atoms with Gasteiger partial charge in [0.2, 0.25) is 0 Å². The third kappa shape index (κ3) is 2.78. The minimum Gasteiger partial charge on any atom is -0.373 e. The third-order valence-electron chi connectivity index (χ3n) is 5.11. The maximum atomic E-state index is 12.8. The molecular weight excluding hydrogens is 316 g/mol. The van der Waals surface area contributed by atoms with Gasteiger partial charge in [-0.1, -0.05) is 30.3 Å². The van der Waals surface area contributed by atoms with Crippen LogP contribution in [0.1, 0.15) is 28.8 Å². The minimum atomic E-state index is -0.311. The highest BCUT2D eigenvalue weighted by molar-refractivity contribution is 5.97. The largest absolute Gasteiger partial charge is 0.373 e. The average molecular weight is 336 g/mol. The van der Waals surface area contributed by atoms with Gasteiger partial charge in [0.05, 0.1) is 5.60 Å². The number of methoxy groups -OCH3 is 1. The van der Waals surface area contributed by atoms with Crippen LogP contribution < -0.4 is 0 Å². The van der Waals surface area contributed by atoms with Gasteiger partial charge in [0.1, 0.15) is 11.0 Å².